The SMILES string of the molecule is CCCCc1ccc(-n2c(C)cc(C(=O)O)c2C)cc1. The molecule has 0 bridgehead atoms. The van der Waals surface area contributed by atoms with Crippen LogP contribution in [0.3, 0.4) is 0 Å². The second-order valence-corrected chi connectivity index (χ2v) is 5.20. The molecule has 3 heteroatoms. The van der Waals surface area contributed by atoms with Crippen LogP contribution in [0.2, 0.25) is 0 Å². The Morgan fingerprint density at radius 1 is 1.20 bits per heavy atom. The minimum atomic E-state index is -0.871. The third-order valence-electron chi connectivity index (χ3n) is 3.68. The van der Waals surface area contributed by atoms with E-state index in [0.717, 1.165) is 23.5 Å². The second-order valence-electron chi connectivity index (χ2n) is 5.20. The van der Waals surface area contributed by atoms with Crippen molar-refractivity contribution in [2.45, 2.75) is 40.0 Å². The molecule has 2 aromatic rings. The number of unbranched alkanes of at least 4 members (excludes halogenated alkanes) is 1. The van der Waals surface area contributed by atoms with Gasteiger partial charge in [0.25, 0.3) is 0 Å². The molecule has 0 aliphatic heterocycles. The standard InChI is InChI=1S/C17H21NO2/c1-4-5-6-14-7-9-15(10-8-14)18-12(2)11-16(13(18)3)17(19)20/h7-11H,4-6H2,1-3H3,(H,19,20). The van der Waals surface area contributed by atoms with Gasteiger partial charge >= 0.3 is 5.97 Å². The smallest absolute Gasteiger partial charge is 0.337 e. The normalized spacial score (nSPS) is 10.8. The lowest BCUT2D eigenvalue weighted by atomic mass is 10.1. The van der Waals surface area contributed by atoms with Crippen molar-refractivity contribution in [2.75, 3.05) is 0 Å². The Balaban J connectivity index is 2.34. The number of carboxylic acids is 1. The number of benzene rings is 1. The summed E-state index contributed by atoms with van der Waals surface area (Å²) in [6, 6.07) is 10.1. The van der Waals surface area contributed by atoms with Gasteiger partial charge in [-0.1, -0.05) is 25.5 Å². The fraction of sp³-hybridized carbons (Fsp3) is 0.353. The average Bonchev–Trinajstić information content (AvgIpc) is 2.73. The van der Waals surface area contributed by atoms with E-state index in [1.54, 1.807) is 6.07 Å². The molecular weight excluding hydrogens is 250 g/mol. The molecule has 1 aromatic carbocycles. The maximum atomic E-state index is 11.2. The predicted octanol–water partition coefficient (Wildman–Crippen LogP) is 4.13. The molecule has 0 atom stereocenters. The average molecular weight is 271 g/mol. The summed E-state index contributed by atoms with van der Waals surface area (Å²) in [6.07, 6.45) is 3.49. The summed E-state index contributed by atoms with van der Waals surface area (Å²) in [6.45, 7) is 5.97. The Hall–Kier alpha value is -2.03. The van der Waals surface area contributed by atoms with Crippen LogP contribution >= 0.6 is 0 Å². The number of rotatable bonds is 5. The van der Waals surface area contributed by atoms with E-state index in [1.165, 1.54) is 18.4 Å². The molecule has 0 aliphatic carbocycles. The van der Waals surface area contributed by atoms with Crippen LogP contribution in [0.25, 0.3) is 5.69 Å². The van der Waals surface area contributed by atoms with Crippen LogP contribution < -0.4 is 0 Å². The lowest BCUT2D eigenvalue weighted by Crippen LogP contribution is -2.02. The lowest BCUT2D eigenvalue weighted by molar-refractivity contribution is 0.0696. The molecule has 106 valence electrons. The highest BCUT2D eigenvalue weighted by atomic mass is 16.4. The highest BCUT2D eigenvalue weighted by Crippen LogP contribution is 2.21. The summed E-state index contributed by atoms with van der Waals surface area (Å²) in [5.74, 6) is -0.871. The van der Waals surface area contributed by atoms with E-state index in [1.807, 2.05) is 18.4 Å². The van der Waals surface area contributed by atoms with Gasteiger partial charge in [0.15, 0.2) is 0 Å². The van der Waals surface area contributed by atoms with Crippen molar-refractivity contribution in [3.05, 3.63) is 52.8 Å². The summed E-state index contributed by atoms with van der Waals surface area (Å²) >= 11 is 0. The van der Waals surface area contributed by atoms with Crippen molar-refractivity contribution in [3.63, 3.8) is 0 Å². The first-order valence-corrected chi connectivity index (χ1v) is 7.06. The maximum absolute atomic E-state index is 11.2. The molecule has 1 aromatic heterocycles. The molecule has 1 heterocycles. The quantitative estimate of drug-likeness (QED) is 0.888. The summed E-state index contributed by atoms with van der Waals surface area (Å²) < 4.78 is 1.99. The van der Waals surface area contributed by atoms with Gasteiger partial charge < -0.3 is 9.67 Å². The topological polar surface area (TPSA) is 42.2 Å². The van der Waals surface area contributed by atoms with Gasteiger partial charge in [-0.25, -0.2) is 4.79 Å². The lowest BCUT2D eigenvalue weighted by Gasteiger charge is -2.10. The molecule has 0 aliphatic rings. The van der Waals surface area contributed by atoms with E-state index in [9.17, 15) is 9.90 Å². The Morgan fingerprint density at radius 3 is 2.35 bits per heavy atom. The summed E-state index contributed by atoms with van der Waals surface area (Å²) in [4.78, 5) is 11.2. The van der Waals surface area contributed by atoms with Gasteiger partial charge in [-0.2, -0.15) is 0 Å². The maximum Gasteiger partial charge on any atom is 0.337 e. The van der Waals surface area contributed by atoms with Gasteiger partial charge in [0, 0.05) is 17.1 Å². The first kappa shape index (κ1) is 14.4. The molecule has 0 amide bonds. The predicted molar refractivity (Wildman–Crippen MR) is 80.8 cm³/mol. The molecule has 0 spiro atoms. The molecule has 2 rings (SSSR count). The third kappa shape index (κ3) is 2.77. The van der Waals surface area contributed by atoms with Crippen LogP contribution in [0.4, 0.5) is 0 Å². The number of carbonyl (C=O) groups is 1. The highest BCUT2D eigenvalue weighted by Gasteiger charge is 2.15. The van der Waals surface area contributed by atoms with Crippen molar-refractivity contribution >= 4 is 5.97 Å². The Morgan fingerprint density at radius 2 is 1.85 bits per heavy atom. The van der Waals surface area contributed by atoms with Gasteiger partial charge in [-0.15, -0.1) is 0 Å². The van der Waals surface area contributed by atoms with E-state index >= 15 is 0 Å². The van der Waals surface area contributed by atoms with Gasteiger partial charge in [-0.05, 0) is 50.5 Å². The molecular formula is C17H21NO2. The zero-order chi connectivity index (χ0) is 14.7. The van der Waals surface area contributed by atoms with Crippen LogP contribution in [-0.4, -0.2) is 15.6 Å². The monoisotopic (exact) mass is 271 g/mol. The van der Waals surface area contributed by atoms with Crippen LogP contribution in [0.1, 0.15) is 47.1 Å². The largest absolute Gasteiger partial charge is 0.478 e. The van der Waals surface area contributed by atoms with Gasteiger partial charge in [0.2, 0.25) is 0 Å². The third-order valence-corrected chi connectivity index (χ3v) is 3.68. The number of nitrogens with zero attached hydrogens (tertiary/aromatic N) is 1. The van der Waals surface area contributed by atoms with E-state index in [4.69, 9.17) is 0 Å². The molecule has 1 N–H and O–H groups in total. The molecule has 0 saturated heterocycles. The van der Waals surface area contributed by atoms with E-state index in [2.05, 4.69) is 31.2 Å². The highest BCUT2D eigenvalue weighted by molar-refractivity contribution is 5.89. The summed E-state index contributed by atoms with van der Waals surface area (Å²) in [5.41, 5.74) is 4.44. The Bertz CT molecular complexity index is 609. The van der Waals surface area contributed by atoms with Crippen molar-refractivity contribution in [1.29, 1.82) is 0 Å². The van der Waals surface area contributed by atoms with Crippen LogP contribution in [0.5, 0.6) is 0 Å². The number of hydrogen-bond acceptors (Lipinski definition) is 1. The minimum absolute atomic E-state index is 0.373. The minimum Gasteiger partial charge on any atom is -0.478 e. The van der Waals surface area contributed by atoms with Gasteiger partial charge in [-0.3, -0.25) is 0 Å². The molecule has 3 nitrogen and oxygen atoms in total. The summed E-state index contributed by atoms with van der Waals surface area (Å²) in [7, 11) is 0. The first-order valence-electron chi connectivity index (χ1n) is 7.06. The van der Waals surface area contributed by atoms with Crippen molar-refractivity contribution in [1.82, 2.24) is 4.57 Å². The van der Waals surface area contributed by atoms with Gasteiger partial charge in [0.1, 0.15) is 0 Å². The fourth-order valence-electron chi connectivity index (χ4n) is 2.57. The molecule has 0 fully saturated rings. The summed E-state index contributed by atoms with van der Waals surface area (Å²) in [5, 5.41) is 9.18. The second kappa shape index (κ2) is 5.95. The first-order chi connectivity index (χ1) is 9.54. The number of aromatic carboxylic acids is 1. The van der Waals surface area contributed by atoms with Crippen molar-refractivity contribution < 1.29 is 9.90 Å². The van der Waals surface area contributed by atoms with E-state index in [-0.39, 0.29) is 0 Å². The number of carboxylic acid groups (broad SMARTS) is 1. The number of hydrogen-bond donors (Lipinski definition) is 1. The van der Waals surface area contributed by atoms with Gasteiger partial charge in [0.05, 0.1) is 5.56 Å². The molecule has 0 saturated carbocycles. The van der Waals surface area contributed by atoms with Crippen LogP contribution in [-0.2, 0) is 6.42 Å². The van der Waals surface area contributed by atoms with Crippen LogP contribution in [0, 0.1) is 13.8 Å². The number of aryl methyl sites for hydroxylation is 2. The van der Waals surface area contributed by atoms with Crippen molar-refractivity contribution in [2.24, 2.45) is 0 Å². The van der Waals surface area contributed by atoms with E-state index < -0.39 is 5.97 Å². The Kier molecular flexibility index (Phi) is 4.28. The number of aromatic nitrogens is 1. The molecule has 0 unspecified atom stereocenters. The fourth-order valence-corrected chi connectivity index (χ4v) is 2.57. The van der Waals surface area contributed by atoms with Crippen molar-refractivity contribution in [3.8, 4) is 5.69 Å². The Labute approximate surface area is 119 Å². The molecule has 0 radical (unpaired) electrons. The van der Waals surface area contributed by atoms with E-state index in [0.29, 0.717) is 5.56 Å². The zero-order valence-corrected chi connectivity index (χ0v) is 12.3. The van der Waals surface area contributed by atoms with Crippen LogP contribution in [0.15, 0.2) is 30.3 Å². The molecule has 20 heavy (non-hydrogen) atoms. The zero-order valence-electron chi connectivity index (χ0n) is 12.3.